The van der Waals surface area contributed by atoms with Crippen LogP contribution in [0.1, 0.15) is 36.0 Å². The monoisotopic (exact) mass is 490 g/mol. The van der Waals surface area contributed by atoms with E-state index >= 15 is 0 Å². The van der Waals surface area contributed by atoms with Gasteiger partial charge in [0.05, 0.1) is 11.9 Å². The molecule has 148 valence electrons. The number of nitrogen functional groups attached to an aromatic ring is 1. The average molecular weight is 490 g/mol. The Morgan fingerprint density at radius 3 is 3.00 bits per heavy atom. The van der Waals surface area contributed by atoms with Crippen LogP contribution in [-0.2, 0) is 13.0 Å². The molecule has 0 radical (unpaired) electrons. The van der Waals surface area contributed by atoms with E-state index in [4.69, 9.17) is 15.5 Å². The first kappa shape index (κ1) is 19.6. The summed E-state index contributed by atoms with van der Waals surface area (Å²) in [7, 11) is 2.17. The van der Waals surface area contributed by atoms with Gasteiger partial charge in [0.15, 0.2) is 5.82 Å². The molecule has 0 saturated carbocycles. The maximum Gasteiger partial charge on any atom is 0.258 e. The van der Waals surface area contributed by atoms with Crippen LogP contribution in [0.25, 0.3) is 11.3 Å². The Bertz CT molecular complexity index is 898. The van der Waals surface area contributed by atoms with Crippen LogP contribution >= 0.6 is 22.6 Å². The van der Waals surface area contributed by atoms with Gasteiger partial charge in [-0.05, 0) is 62.1 Å². The molecule has 4 rings (SSSR count). The van der Waals surface area contributed by atoms with Crippen LogP contribution < -0.4 is 10.5 Å². The molecular weight excluding hydrogens is 463 g/mol. The number of hydrogen-bond acceptors (Lipinski definition) is 5. The normalized spacial score (nSPS) is 22.5. The highest BCUT2D eigenvalue weighted by molar-refractivity contribution is 14.1. The van der Waals surface area contributed by atoms with E-state index in [-0.39, 0.29) is 6.10 Å². The van der Waals surface area contributed by atoms with Crippen LogP contribution in [0.15, 0.2) is 30.5 Å². The highest BCUT2D eigenvalue weighted by atomic mass is 127. The Hall–Kier alpha value is -1.67. The summed E-state index contributed by atoms with van der Waals surface area (Å²) >= 11 is 2.47. The molecule has 1 aromatic heterocycles. The van der Waals surface area contributed by atoms with E-state index in [2.05, 4.69) is 70.7 Å². The molecular formula is C22H27IN4O. The molecule has 5 nitrogen and oxygen atoms in total. The molecule has 2 atom stereocenters. The van der Waals surface area contributed by atoms with E-state index in [1.807, 2.05) is 0 Å². The zero-order chi connectivity index (χ0) is 19.7. The van der Waals surface area contributed by atoms with E-state index in [0.717, 1.165) is 50.0 Å². The predicted molar refractivity (Wildman–Crippen MR) is 122 cm³/mol. The van der Waals surface area contributed by atoms with Crippen molar-refractivity contribution >= 4 is 28.4 Å². The van der Waals surface area contributed by atoms with Crippen molar-refractivity contribution < 1.29 is 4.74 Å². The van der Waals surface area contributed by atoms with Crippen LogP contribution in [-0.4, -0.2) is 38.5 Å². The molecule has 1 aromatic carbocycles. The molecule has 2 N–H and O–H groups in total. The summed E-state index contributed by atoms with van der Waals surface area (Å²) in [4.78, 5) is 11.5. The Balaban J connectivity index is 1.60. The number of hydrogen-bond donors (Lipinski definition) is 1. The third-order valence-corrected chi connectivity index (χ3v) is 6.64. The molecule has 0 fully saturated rings. The molecule has 28 heavy (non-hydrogen) atoms. The largest absolute Gasteiger partial charge is 0.471 e. The Labute approximate surface area is 180 Å². The van der Waals surface area contributed by atoms with E-state index in [1.165, 1.54) is 16.7 Å². The minimum Gasteiger partial charge on any atom is -0.471 e. The molecule has 1 aliphatic carbocycles. The van der Waals surface area contributed by atoms with Gasteiger partial charge < -0.3 is 15.4 Å². The Kier molecular flexibility index (Phi) is 5.87. The highest BCUT2D eigenvalue weighted by Crippen LogP contribution is 2.31. The summed E-state index contributed by atoms with van der Waals surface area (Å²) in [6, 6.07) is 4.46. The number of nitrogens with two attached hydrogens (primary N) is 1. The number of aromatic nitrogens is 2. The van der Waals surface area contributed by atoms with E-state index < -0.39 is 0 Å². The molecule has 2 heterocycles. The van der Waals surface area contributed by atoms with Crippen molar-refractivity contribution in [2.24, 2.45) is 0 Å². The van der Waals surface area contributed by atoms with Crippen molar-refractivity contribution in [3.05, 3.63) is 47.2 Å². The molecule has 2 unspecified atom stereocenters. The number of alkyl halides is 1. The number of aryl methyl sites for hydroxylation is 1. The van der Waals surface area contributed by atoms with Gasteiger partial charge in [-0.25, -0.2) is 9.97 Å². The van der Waals surface area contributed by atoms with Gasteiger partial charge in [-0.15, -0.1) is 0 Å². The number of nitrogens with zero attached hydrogens (tertiary/aromatic N) is 3. The van der Waals surface area contributed by atoms with Crippen molar-refractivity contribution in [2.45, 2.75) is 49.2 Å². The fourth-order valence-electron chi connectivity index (χ4n) is 3.96. The SMILES string of the molecule is Cc1cc(-c2cnc(N)c(OC3CC=CC(I)CC3)n2)cc2c1CN(C)CC2. The van der Waals surface area contributed by atoms with Crippen molar-refractivity contribution in [1.29, 1.82) is 0 Å². The molecule has 0 saturated heterocycles. The van der Waals surface area contributed by atoms with Gasteiger partial charge in [0.1, 0.15) is 6.10 Å². The van der Waals surface area contributed by atoms with Crippen LogP contribution in [0.4, 0.5) is 5.82 Å². The standard InChI is InChI=1S/C22H27IN4O/c1-14-10-16(11-15-8-9-27(2)13-19(14)15)20-12-25-21(24)22(26-20)28-18-5-3-4-17(23)6-7-18/h3-4,10-12,17-18H,5-9,13H2,1-2H3,(H2,24,25). The van der Waals surface area contributed by atoms with Crippen LogP contribution in [0.2, 0.25) is 0 Å². The lowest BCUT2D eigenvalue weighted by Gasteiger charge is -2.27. The third kappa shape index (κ3) is 4.33. The van der Waals surface area contributed by atoms with Crippen LogP contribution in [0, 0.1) is 6.92 Å². The topological polar surface area (TPSA) is 64.3 Å². The number of likely N-dealkylation sites (N-methyl/N-ethyl adjacent to an activating group) is 1. The fraction of sp³-hybridized carbons (Fsp3) is 0.455. The third-order valence-electron chi connectivity index (χ3n) is 5.61. The molecule has 2 aromatic rings. The number of anilines is 1. The zero-order valence-corrected chi connectivity index (χ0v) is 18.6. The zero-order valence-electron chi connectivity index (χ0n) is 16.5. The first-order valence-electron chi connectivity index (χ1n) is 9.91. The van der Waals surface area contributed by atoms with E-state index in [9.17, 15) is 0 Å². The molecule has 0 bridgehead atoms. The average Bonchev–Trinajstić information content (AvgIpc) is 2.88. The second kappa shape index (κ2) is 8.37. The first-order valence-corrected chi connectivity index (χ1v) is 11.2. The van der Waals surface area contributed by atoms with Crippen molar-refractivity contribution in [3.63, 3.8) is 0 Å². The first-order chi connectivity index (χ1) is 13.5. The van der Waals surface area contributed by atoms with Gasteiger partial charge in [0.2, 0.25) is 0 Å². The van der Waals surface area contributed by atoms with E-state index in [0.29, 0.717) is 15.6 Å². The summed E-state index contributed by atoms with van der Waals surface area (Å²) in [5.74, 6) is 0.817. The fourth-order valence-corrected chi connectivity index (χ4v) is 4.61. The van der Waals surface area contributed by atoms with Crippen molar-refractivity contribution in [3.8, 4) is 17.1 Å². The molecule has 0 amide bonds. The highest BCUT2D eigenvalue weighted by Gasteiger charge is 2.20. The van der Waals surface area contributed by atoms with E-state index in [1.54, 1.807) is 6.20 Å². The number of fused-ring (bicyclic) bond motifs is 1. The second-order valence-electron chi connectivity index (χ2n) is 7.86. The summed E-state index contributed by atoms with van der Waals surface area (Å²) in [6.07, 6.45) is 10.4. The van der Waals surface area contributed by atoms with Gasteiger partial charge in [-0.2, -0.15) is 0 Å². The van der Waals surface area contributed by atoms with Gasteiger partial charge in [0, 0.05) is 29.0 Å². The summed E-state index contributed by atoms with van der Waals surface area (Å²) < 4.78 is 6.74. The summed E-state index contributed by atoms with van der Waals surface area (Å²) in [6.45, 7) is 4.28. The Morgan fingerprint density at radius 1 is 1.29 bits per heavy atom. The number of ether oxygens (including phenoxy) is 1. The quantitative estimate of drug-likeness (QED) is 0.395. The van der Waals surface area contributed by atoms with Gasteiger partial charge in [-0.3, -0.25) is 0 Å². The lowest BCUT2D eigenvalue weighted by molar-refractivity contribution is 0.187. The number of rotatable bonds is 3. The second-order valence-corrected chi connectivity index (χ2v) is 9.46. The summed E-state index contributed by atoms with van der Waals surface area (Å²) in [5, 5.41) is 0. The number of halogens is 1. The lowest BCUT2D eigenvalue weighted by Crippen LogP contribution is -2.27. The number of benzene rings is 1. The molecule has 2 aliphatic rings. The van der Waals surface area contributed by atoms with Crippen molar-refractivity contribution in [1.82, 2.24) is 14.9 Å². The smallest absolute Gasteiger partial charge is 0.258 e. The Morgan fingerprint density at radius 2 is 2.14 bits per heavy atom. The maximum atomic E-state index is 6.17. The number of allylic oxidation sites excluding steroid dienone is 1. The van der Waals surface area contributed by atoms with Gasteiger partial charge >= 0.3 is 0 Å². The van der Waals surface area contributed by atoms with Crippen molar-refractivity contribution in [2.75, 3.05) is 19.3 Å². The lowest BCUT2D eigenvalue weighted by atomic mass is 9.92. The molecule has 0 spiro atoms. The van der Waals surface area contributed by atoms with Gasteiger partial charge in [0.25, 0.3) is 5.88 Å². The van der Waals surface area contributed by atoms with Crippen LogP contribution in [0.5, 0.6) is 5.88 Å². The molecule has 6 heteroatoms. The van der Waals surface area contributed by atoms with Crippen LogP contribution in [0.3, 0.4) is 0 Å². The maximum absolute atomic E-state index is 6.17. The minimum absolute atomic E-state index is 0.101. The van der Waals surface area contributed by atoms with Gasteiger partial charge in [-0.1, -0.05) is 34.7 Å². The predicted octanol–water partition coefficient (Wildman–Crippen LogP) is 4.31. The summed E-state index contributed by atoms with van der Waals surface area (Å²) in [5.41, 5.74) is 12.2. The minimum atomic E-state index is 0.101. The molecule has 1 aliphatic heterocycles.